The number of fused-ring (bicyclic) bond motifs is 1. The average molecular weight is 330 g/mol. The maximum absolute atomic E-state index is 12.4. The number of carbonyl (C=O) groups excluding carboxylic acids is 1. The van der Waals surface area contributed by atoms with Crippen LogP contribution in [0.25, 0.3) is 0 Å². The van der Waals surface area contributed by atoms with Gasteiger partial charge in [0.05, 0.1) is 18.8 Å². The van der Waals surface area contributed by atoms with Crippen LogP contribution >= 0.6 is 0 Å². The summed E-state index contributed by atoms with van der Waals surface area (Å²) in [4.78, 5) is 14.3. The lowest BCUT2D eigenvalue weighted by atomic mass is 9.88. The van der Waals surface area contributed by atoms with E-state index in [1.807, 2.05) is 36.1 Å². The summed E-state index contributed by atoms with van der Waals surface area (Å²) in [5.41, 5.74) is 1.12. The lowest BCUT2D eigenvalue weighted by Gasteiger charge is -2.28. The van der Waals surface area contributed by atoms with Crippen LogP contribution in [0.5, 0.6) is 5.75 Å². The summed E-state index contributed by atoms with van der Waals surface area (Å²) in [5.74, 6) is 2.46. The van der Waals surface area contributed by atoms with Crippen molar-refractivity contribution in [1.82, 2.24) is 10.2 Å². The topological polar surface area (TPSA) is 61.8 Å². The van der Waals surface area contributed by atoms with Crippen LogP contribution in [0.2, 0.25) is 0 Å². The number of aliphatic hydroxyl groups is 1. The van der Waals surface area contributed by atoms with Gasteiger partial charge in [0.25, 0.3) is 0 Å². The summed E-state index contributed by atoms with van der Waals surface area (Å²) in [6, 6.07) is 7.98. The molecular formula is C19H26N2O3. The largest absolute Gasteiger partial charge is 0.493 e. The number of urea groups is 1. The van der Waals surface area contributed by atoms with Gasteiger partial charge in [-0.1, -0.05) is 18.2 Å². The molecule has 24 heavy (non-hydrogen) atoms. The minimum Gasteiger partial charge on any atom is -0.493 e. The van der Waals surface area contributed by atoms with Gasteiger partial charge >= 0.3 is 6.03 Å². The Morgan fingerprint density at radius 2 is 2.17 bits per heavy atom. The molecule has 0 spiro atoms. The minimum absolute atomic E-state index is 0.0232. The van der Waals surface area contributed by atoms with Crippen molar-refractivity contribution >= 4 is 6.03 Å². The highest BCUT2D eigenvalue weighted by atomic mass is 16.5. The molecule has 2 aliphatic carbocycles. The zero-order chi connectivity index (χ0) is 16.7. The molecule has 1 aromatic carbocycles. The Kier molecular flexibility index (Phi) is 4.12. The van der Waals surface area contributed by atoms with E-state index in [0.717, 1.165) is 37.1 Å². The third-order valence-corrected chi connectivity index (χ3v) is 6.06. The highest BCUT2D eigenvalue weighted by Crippen LogP contribution is 2.54. The Balaban J connectivity index is 1.21. The SMILES string of the molecule is Cc1ccccc1OCCCNC(=O)N1C[C@@H]2C[C@H]3C[C@H]2[C@H]1[C@H]3O. The van der Waals surface area contributed by atoms with Crippen molar-refractivity contribution in [3.63, 3.8) is 0 Å². The number of ether oxygens (including phenoxy) is 1. The number of nitrogens with zero attached hydrogens (tertiary/aromatic N) is 1. The normalized spacial score (nSPS) is 33.1. The molecule has 2 N–H and O–H groups in total. The van der Waals surface area contributed by atoms with Crippen LogP contribution in [0.4, 0.5) is 4.79 Å². The number of hydrogen-bond donors (Lipinski definition) is 2. The van der Waals surface area contributed by atoms with Crippen LogP contribution < -0.4 is 10.1 Å². The molecule has 1 aromatic rings. The molecule has 0 radical (unpaired) electrons. The highest BCUT2D eigenvalue weighted by Gasteiger charge is 2.59. The predicted octanol–water partition coefficient (Wildman–Crippen LogP) is 2.17. The number of aliphatic hydroxyl groups excluding tert-OH is 1. The van der Waals surface area contributed by atoms with Gasteiger partial charge in [0.2, 0.25) is 0 Å². The molecule has 3 fully saturated rings. The summed E-state index contributed by atoms with van der Waals surface area (Å²) in [6.45, 7) is 4.03. The van der Waals surface area contributed by atoms with E-state index in [9.17, 15) is 9.90 Å². The Hall–Kier alpha value is -1.75. The molecule has 1 aliphatic heterocycles. The molecule has 5 atom stereocenters. The van der Waals surface area contributed by atoms with E-state index >= 15 is 0 Å². The molecule has 1 heterocycles. The number of hydrogen-bond acceptors (Lipinski definition) is 3. The first kappa shape index (κ1) is 15.8. The molecule has 130 valence electrons. The minimum atomic E-state index is -0.316. The van der Waals surface area contributed by atoms with Gasteiger partial charge in [-0.3, -0.25) is 0 Å². The van der Waals surface area contributed by atoms with Crippen LogP contribution in [0.15, 0.2) is 24.3 Å². The van der Waals surface area contributed by atoms with Gasteiger partial charge in [-0.05, 0) is 55.6 Å². The summed E-state index contributed by atoms with van der Waals surface area (Å²) in [6.07, 6.45) is 2.65. The van der Waals surface area contributed by atoms with Crippen molar-refractivity contribution in [3.8, 4) is 5.75 Å². The van der Waals surface area contributed by atoms with E-state index < -0.39 is 0 Å². The van der Waals surface area contributed by atoms with Crippen molar-refractivity contribution in [2.75, 3.05) is 19.7 Å². The number of nitrogens with one attached hydrogen (secondary N) is 1. The van der Waals surface area contributed by atoms with Crippen LogP contribution in [-0.4, -0.2) is 47.9 Å². The van der Waals surface area contributed by atoms with E-state index in [1.165, 1.54) is 0 Å². The number of likely N-dealkylation sites (tertiary alicyclic amines) is 1. The van der Waals surface area contributed by atoms with Crippen molar-refractivity contribution in [1.29, 1.82) is 0 Å². The second-order valence-corrected chi connectivity index (χ2v) is 7.49. The first-order valence-corrected chi connectivity index (χ1v) is 9.06. The number of amides is 2. The summed E-state index contributed by atoms with van der Waals surface area (Å²) >= 11 is 0. The predicted molar refractivity (Wildman–Crippen MR) is 90.9 cm³/mol. The van der Waals surface area contributed by atoms with Gasteiger partial charge in [0.15, 0.2) is 0 Å². The lowest BCUT2D eigenvalue weighted by molar-refractivity contribution is 0.0609. The summed E-state index contributed by atoms with van der Waals surface area (Å²) in [5, 5.41) is 13.3. The molecule has 0 aromatic heterocycles. The molecule has 1 saturated heterocycles. The Morgan fingerprint density at radius 1 is 1.33 bits per heavy atom. The van der Waals surface area contributed by atoms with E-state index in [1.54, 1.807) is 0 Å². The first-order chi connectivity index (χ1) is 11.6. The molecule has 4 rings (SSSR count). The van der Waals surface area contributed by atoms with E-state index in [2.05, 4.69) is 5.32 Å². The second kappa shape index (κ2) is 6.28. The fourth-order valence-corrected chi connectivity index (χ4v) is 4.92. The quantitative estimate of drug-likeness (QED) is 0.814. The standard InChI is InChI=1S/C19H26N2O3/c1-12-5-2-3-6-16(12)24-8-4-7-20-19(23)21-11-14-9-13-10-15(14)17(21)18(13)22/h2-3,5-6,13-15,17-18,22H,4,7-11H2,1H3,(H,20,23)/t13-,14-,15+,17-,18-/m0/s1. The van der Waals surface area contributed by atoms with E-state index in [0.29, 0.717) is 30.9 Å². The number of aryl methyl sites for hydroxylation is 1. The molecule has 0 unspecified atom stereocenters. The average Bonchev–Trinajstić information content (AvgIpc) is 3.18. The third kappa shape index (κ3) is 2.65. The maximum atomic E-state index is 12.4. The van der Waals surface area contributed by atoms with Crippen molar-refractivity contribution in [3.05, 3.63) is 29.8 Å². The molecule has 2 amide bonds. The van der Waals surface area contributed by atoms with E-state index in [-0.39, 0.29) is 18.2 Å². The summed E-state index contributed by atoms with van der Waals surface area (Å²) < 4.78 is 5.75. The lowest BCUT2D eigenvalue weighted by Crippen LogP contribution is -2.48. The van der Waals surface area contributed by atoms with Gasteiger partial charge in [-0.2, -0.15) is 0 Å². The van der Waals surface area contributed by atoms with Crippen LogP contribution in [0, 0.1) is 24.7 Å². The van der Waals surface area contributed by atoms with Gasteiger partial charge in [-0.15, -0.1) is 0 Å². The van der Waals surface area contributed by atoms with E-state index in [4.69, 9.17) is 4.74 Å². The van der Waals surface area contributed by atoms with Crippen LogP contribution in [0.1, 0.15) is 24.8 Å². The summed E-state index contributed by atoms with van der Waals surface area (Å²) in [7, 11) is 0. The molecule has 2 bridgehead atoms. The maximum Gasteiger partial charge on any atom is 0.317 e. The van der Waals surface area contributed by atoms with Gasteiger partial charge < -0.3 is 20.1 Å². The number of rotatable bonds is 5. The molecule has 2 saturated carbocycles. The Bertz CT molecular complexity index is 618. The zero-order valence-electron chi connectivity index (χ0n) is 14.1. The van der Waals surface area contributed by atoms with Gasteiger partial charge in [0.1, 0.15) is 5.75 Å². The van der Waals surface area contributed by atoms with Gasteiger partial charge in [-0.25, -0.2) is 4.79 Å². The molecule has 3 aliphatic rings. The van der Waals surface area contributed by atoms with Crippen molar-refractivity contribution in [2.45, 2.75) is 38.3 Å². The second-order valence-electron chi connectivity index (χ2n) is 7.49. The van der Waals surface area contributed by atoms with Crippen molar-refractivity contribution in [2.24, 2.45) is 17.8 Å². The fourth-order valence-electron chi connectivity index (χ4n) is 4.92. The fraction of sp³-hybridized carbons (Fsp3) is 0.632. The van der Waals surface area contributed by atoms with Crippen LogP contribution in [0.3, 0.4) is 0 Å². The smallest absolute Gasteiger partial charge is 0.317 e. The molecule has 5 heteroatoms. The Morgan fingerprint density at radius 3 is 2.96 bits per heavy atom. The van der Waals surface area contributed by atoms with Gasteiger partial charge in [0, 0.05) is 13.1 Å². The monoisotopic (exact) mass is 330 g/mol. The zero-order valence-corrected chi connectivity index (χ0v) is 14.1. The number of benzene rings is 1. The molecular weight excluding hydrogens is 304 g/mol. The number of para-hydroxylation sites is 1. The van der Waals surface area contributed by atoms with Crippen LogP contribution in [-0.2, 0) is 0 Å². The Labute approximate surface area is 143 Å². The number of carbonyl (C=O) groups is 1. The first-order valence-electron chi connectivity index (χ1n) is 9.06. The third-order valence-electron chi connectivity index (χ3n) is 6.06. The molecule has 5 nitrogen and oxygen atoms in total. The highest BCUT2D eigenvalue weighted by molar-refractivity contribution is 5.75. The van der Waals surface area contributed by atoms with Crippen molar-refractivity contribution < 1.29 is 14.6 Å².